The molecule has 0 aromatic rings. The molecule has 1 atom stereocenters. The normalized spacial score (nSPS) is 13.5. The molecule has 0 spiro atoms. The van der Waals surface area contributed by atoms with Crippen molar-refractivity contribution in [3.05, 3.63) is 37.0 Å². The van der Waals surface area contributed by atoms with Gasteiger partial charge in [0.15, 0.2) is 0 Å². The first-order chi connectivity index (χ1) is 7.76. The standard InChI is InChI=1S/C16H28/c1-5-8-9-10-11-12-14-15(4)16(7-3)13-6-2/h6-7,13,15H,2-3,5,8-12,14H2,1,4H3/b16-13+/t15-/m1/s1. The van der Waals surface area contributed by atoms with Gasteiger partial charge in [-0.1, -0.05) is 83.8 Å². The zero-order chi connectivity index (χ0) is 12.2. The maximum absolute atomic E-state index is 3.85. The van der Waals surface area contributed by atoms with Crippen LogP contribution in [-0.4, -0.2) is 0 Å². The largest absolute Gasteiger partial charge is 0.0991 e. The molecule has 0 unspecified atom stereocenters. The van der Waals surface area contributed by atoms with Crippen LogP contribution in [0.15, 0.2) is 37.0 Å². The third-order valence-corrected chi connectivity index (χ3v) is 3.11. The number of allylic oxidation sites excluding steroid dienone is 4. The predicted molar refractivity (Wildman–Crippen MR) is 75.6 cm³/mol. The third-order valence-electron chi connectivity index (χ3n) is 3.11. The number of hydrogen-bond donors (Lipinski definition) is 0. The van der Waals surface area contributed by atoms with Crippen molar-refractivity contribution < 1.29 is 0 Å². The minimum absolute atomic E-state index is 0.627. The van der Waals surface area contributed by atoms with Crippen molar-refractivity contribution in [3.63, 3.8) is 0 Å². The second kappa shape index (κ2) is 10.7. The van der Waals surface area contributed by atoms with Crippen LogP contribution in [0.5, 0.6) is 0 Å². The zero-order valence-corrected chi connectivity index (χ0v) is 11.2. The van der Waals surface area contributed by atoms with Crippen LogP contribution in [0.4, 0.5) is 0 Å². The molecule has 0 heterocycles. The van der Waals surface area contributed by atoms with E-state index >= 15 is 0 Å². The van der Waals surface area contributed by atoms with Crippen molar-refractivity contribution in [2.45, 2.75) is 58.8 Å². The van der Waals surface area contributed by atoms with Crippen molar-refractivity contribution in [2.75, 3.05) is 0 Å². The van der Waals surface area contributed by atoms with Gasteiger partial charge >= 0.3 is 0 Å². The van der Waals surface area contributed by atoms with E-state index in [2.05, 4.69) is 33.1 Å². The molecule has 0 nitrogen and oxygen atoms in total. The van der Waals surface area contributed by atoms with Gasteiger partial charge in [-0.3, -0.25) is 0 Å². The second-order valence-corrected chi connectivity index (χ2v) is 4.56. The Hall–Kier alpha value is -0.780. The highest BCUT2D eigenvalue weighted by atomic mass is 14.1. The van der Waals surface area contributed by atoms with Gasteiger partial charge in [0.25, 0.3) is 0 Å². The molecule has 0 radical (unpaired) electrons. The van der Waals surface area contributed by atoms with Gasteiger partial charge in [-0.15, -0.1) is 0 Å². The van der Waals surface area contributed by atoms with Crippen molar-refractivity contribution in [3.8, 4) is 0 Å². The van der Waals surface area contributed by atoms with E-state index in [0.717, 1.165) is 0 Å². The third kappa shape index (κ3) is 7.50. The van der Waals surface area contributed by atoms with Crippen LogP contribution in [0.3, 0.4) is 0 Å². The maximum atomic E-state index is 3.85. The van der Waals surface area contributed by atoms with E-state index in [0.29, 0.717) is 5.92 Å². The van der Waals surface area contributed by atoms with Crippen LogP contribution >= 0.6 is 0 Å². The smallest absolute Gasteiger partial charge is 0.0191 e. The highest BCUT2D eigenvalue weighted by Crippen LogP contribution is 2.19. The molecule has 0 saturated heterocycles. The summed E-state index contributed by atoms with van der Waals surface area (Å²) in [6.45, 7) is 12.1. The van der Waals surface area contributed by atoms with Gasteiger partial charge in [-0.25, -0.2) is 0 Å². The summed E-state index contributed by atoms with van der Waals surface area (Å²) in [4.78, 5) is 0. The molecule has 0 aliphatic rings. The van der Waals surface area contributed by atoms with Crippen LogP contribution < -0.4 is 0 Å². The average molecular weight is 220 g/mol. The van der Waals surface area contributed by atoms with E-state index in [4.69, 9.17) is 0 Å². The van der Waals surface area contributed by atoms with Crippen molar-refractivity contribution in [1.82, 2.24) is 0 Å². The molecule has 0 N–H and O–H groups in total. The Morgan fingerprint density at radius 2 is 1.69 bits per heavy atom. The van der Waals surface area contributed by atoms with Gasteiger partial charge in [-0.05, 0) is 17.9 Å². The molecule has 0 aliphatic carbocycles. The van der Waals surface area contributed by atoms with Gasteiger partial charge in [0.05, 0.1) is 0 Å². The summed E-state index contributed by atoms with van der Waals surface area (Å²) in [6.07, 6.45) is 15.4. The van der Waals surface area contributed by atoms with E-state index in [-0.39, 0.29) is 0 Å². The Morgan fingerprint density at radius 1 is 1.06 bits per heavy atom. The molecule has 0 amide bonds. The lowest BCUT2D eigenvalue weighted by molar-refractivity contribution is 0.534. The first kappa shape index (κ1) is 15.2. The predicted octanol–water partition coefficient (Wildman–Crippen LogP) is 5.67. The van der Waals surface area contributed by atoms with Crippen LogP contribution in [-0.2, 0) is 0 Å². The Labute approximate surface area is 102 Å². The summed E-state index contributed by atoms with van der Waals surface area (Å²) in [5, 5.41) is 0. The van der Waals surface area contributed by atoms with Crippen molar-refractivity contribution >= 4 is 0 Å². The van der Waals surface area contributed by atoms with Crippen molar-refractivity contribution in [2.24, 2.45) is 5.92 Å². The number of hydrogen-bond acceptors (Lipinski definition) is 0. The highest BCUT2D eigenvalue weighted by molar-refractivity contribution is 5.23. The summed E-state index contributed by atoms with van der Waals surface area (Å²) < 4.78 is 0. The van der Waals surface area contributed by atoms with Crippen LogP contribution in [0, 0.1) is 5.92 Å². The van der Waals surface area contributed by atoms with Gasteiger partial charge in [0.1, 0.15) is 0 Å². The first-order valence-electron chi connectivity index (χ1n) is 6.71. The molecule has 0 bridgehead atoms. The lowest BCUT2D eigenvalue weighted by Gasteiger charge is -2.12. The Balaban J connectivity index is 3.63. The van der Waals surface area contributed by atoms with Gasteiger partial charge in [0.2, 0.25) is 0 Å². The fourth-order valence-corrected chi connectivity index (χ4v) is 1.97. The molecule has 0 saturated carbocycles. The van der Waals surface area contributed by atoms with Gasteiger partial charge < -0.3 is 0 Å². The number of rotatable bonds is 10. The van der Waals surface area contributed by atoms with Gasteiger partial charge in [0, 0.05) is 0 Å². The Morgan fingerprint density at radius 3 is 2.25 bits per heavy atom. The molecular weight excluding hydrogens is 192 g/mol. The molecule has 16 heavy (non-hydrogen) atoms. The molecule has 0 aromatic carbocycles. The molecule has 0 rings (SSSR count). The van der Waals surface area contributed by atoms with E-state index in [9.17, 15) is 0 Å². The van der Waals surface area contributed by atoms with E-state index in [1.54, 1.807) is 0 Å². The zero-order valence-electron chi connectivity index (χ0n) is 11.2. The summed E-state index contributed by atoms with van der Waals surface area (Å²) in [5.41, 5.74) is 1.32. The van der Waals surface area contributed by atoms with Crippen molar-refractivity contribution in [1.29, 1.82) is 0 Å². The highest BCUT2D eigenvalue weighted by Gasteiger charge is 2.04. The Bertz CT molecular complexity index is 210. The minimum atomic E-state index is 0.627. The molecule has 0 heteroatoms. The fraction of sp³-hybridized carbons (Fsp3) is 0.625. The van der Waals surface area contributed by atoms with E-state index < -0.39 is 0 Å². The number of unbranched alkanes of at least 4 members (excludes halogenated alkanes) is 5. The lowest BCUT2D eigenvalue weighted by Crippen LogP contribution is -1.97. The quantitative estimate of drug-likeness (QED) is 0.328. The summed E-state index contributed by atoms with van der Waals surface area (Å²) >= 11 is 0. The molecule has 0 aromatic heterocycles. The van der Waals surface area contributed by atoms with E-state index in [1.165, 1.54) is 50.5 Å². The summed E-state index contributed by atoms with van der Waals surface area (Å²) in [5.74, 6) is 0.627. The second-order valence-electron chi connectivity index (χ2n) is 4.56. The van der Waals surface area contributed by atoms with Crippen LogP contribution in [0.25, 0.3) is 0 Å². The summed E-state index contributed by atoms with van der Waals surface area (Å²) in [6, 6.07) is 0. The van der Waals surface area contributed by atoms with E-state index in [1.807, 2.05) is 12.2 Å². The molecule has 92 valence electrons. The fourth-order valence-electron chi connectivity index (χ4n) is 1.97. The van der Waals surface area contributed by atoms with Crippen LogP contribution in [0.1, 0.15) is 58.8 Å². The monoisotopic (exact) mass is 220 g/mol. The van der Waals surface area contributed by atoms with Gasteiger partial charge in [-0.2, -0.15) is 0 Å². The Kier molecular flexibility index (Phi) is 10.2. The van der Waals surface area contributed by atoms with Crippen LogP contribution in [0.2, 0.25) is 0 Å². The molecule has 0 aliphatic heterocycles. The first-order valence-corrected chi connectivity index (χ1v) is 6.71. The summed E-state index contributed by atoms with van der Waals surface area (Å²) in [7, 11) is 0. The molecular formula is C16H28. The maximum Gasteiger partial charge on any atom is -0.0191 e. The average Bonchev–Trinajstić information content (AvgIpc) is 2.30. The topological polar surface area (TPSA) is 0 Å². The minimum Gasteiger partial charge on any atom is -0.0991 e. The SMILES string of the molecule is C=C/C=C(\C=C)[C@H](C)CCCCCCCC. The molecule has 0 fully saturated rings. The lowest BCUT2D eigenvalue weighted by atomic mass is 9.94.